The van der Waals surface area contributed by atoms with Gasteiger partial charge in [0.1, 0.15) is 11.9 Å². The van der Waals surface area contributed by atoms with Gasteiger partial charge >= 0.3 is 0 Å². The fourth-order valence-corrected chi connectivity index (χ4v) is 7.54. The maximum Gasteiger partial charge on any atom is 0.141 e. The van der Waals surface area contributed by atoms with Crippen molar-refractivity contribution in [2.45, 2.75) is 77.7 Å². The Labute approximate surface area is 169 Å². The highest BCUT2D eigenvalue weighted by Gasteiger charge is 2.58. The first-order valence-electron chi connectivity index (χ1n) is 11.6. The van der Waals surface area contributed by atoms with Crippen molar-refractivity contribution in [2.75, 3.05) is 20.1 Å². The summed E-state index contributed by atoms with van der Waals surface area (Å²) in [4.78, 5) is 20.8. The molecule has 1 heterocycles. The fraction of sp³-hybridized carbons (Fsp3) is 0.833. The van der Waals surface area contributed by atoms with Crippen LogP contribution in [0, 0.1) is 28.6 Å². The van der Waals surface area contributed by atoms with E-state index in [4.69, 9.17) is 4.84 Å². The average molecular weight is 385 g/mol. The molecular weight excluding hydrogens is 348 g/mol. The first kappa shape index (κ1) is 18.8. The fourth-order valence-electron chi connectivity index (χ4n) is 7.54. The zero-order valence-corrected chi connectivity index (χ0v) is 17.9. The zero-order chi connectivity index (χ0) is 19.5. The summed E-state index contributed by atoms with van der Waals surface area (Å²) in [5.41, 5.74) is 3.06. The smallest absolute Gasteiger partial charge is 0.141 e. The number of likely N-dealkylation sites (tertiary alicyclic amines) is 1. The number of allylic oxidation sites excluding steroid dienone is 2. The van der Waals surface area contributed by atoms with Crippen LogP contribution in [0.15, 0.2) is 16.8 Å². The molecule has 28 heavy (non-hydrogen) atoms. The van der Waals surface area contributed by atoms with Crippen molar-refractivity contribution in [2.24, 2.45) is 33.7 Å². The van der Waals surface area contributed by atoms with Crippen LogP contribution in [0.5, 0.6) is 0 Å². The minimum Gasteiger partial charge on any atom is -0.391 e. The van der Waals surface area contributed by atoms with Crippen molar-refractivity contribution in [3.8, 4) is 0 Å². The number of hydrogen-bond acceptors (Lipinski definition) is 4. The number of rotatable bonds is 2. The summed E-state index contributed by atoms with van der Waals surface area (Å²) in [5, 5.41) is 4.57. The molecule has 0 aromatic carbocycles. The van der Waals surface area contributed by atoms with E-state index in [-0.39, 0.29) is 11.5 Å². The van der Waals surface area contributed by atoms with Crippen molar-refractivity contribution in [3.63, 3.8) is 0 Å². The summed E-state index contributed by atoms with van der Waals surface area (Å²) in [6, 6.07) is 0. The second-order valence-electron chi connectivity index (χ2n) is 10.8. The molecule has 0 spiro atoms. The summed E-state index contributed by atoms with van der Waals surface area (Å²) in [6.45, 7) is 6.90. The predicted molar refractivity (Wildman–Crippen MR) is 111 cm³/mol. The topological polar surface area (TPSA) is 41.9 Å². The summed E-state index contributed by atoms with van der Waals surface area (Å²) >= 11 is 0. The number of Topliss-reactive ketones (excluding diaryl/α,β-unsaturated/α-hetero) is 1. The standard InChI is InChI=1S/C24H36N2O2/c1-23-11-8-17(25-28-18-10-13-26(3)15-18)14-16(23)4-5-19-20-6-7-22(27)24(20,2)12-9-21(19)23/h14,18-21H,4-13,15H2,1-3H3/t18-,19?,20?,21?,23?,24?/m0/s1. The maximum absolute atomic E-state index is 12.6. The molecule has 5 aliphatic rings. The van der Waals surface area contributed by atoms with Gasteiger partial charge in [-0.15, -0.1) is 0 Å². The highest BCUT2D eigenvalue weighted by Crippen LogP contribution is 2.64. The molecule has 3 saturated carbocycles. The minimum atomic E-state index is -0.0116. The number of carbonyl (C=O) groups excluding carboxylic acids is 1. The van der Waals surface area contributed by atoms with Crippen molar-refractivity contribution < 1.29 is 9.63 Å². The second kappa shape index (κ2) is 6.68. The summed E-state index contributed by atoms with van der Waals surface area (Å²) in [6.07, 6.45) is 12.7. The Morgan fingerprint density at radius 2 is 1.86 bits per heavy atom. The molecule has 4 fully saturated rings. The van der Waals surface area contributed by atoms with E-state index in [1.54, 1.807) is 5.57 Å². The van der Waals surface area contributed by atoms with Gasteiger partial charge in [-0.3, -0.25) is 4.79 Å². The summed E-state index contributed by atoms with van der Waals surface area (Å²) in [7, 11) is 2.15. The van der Waals surface area contributed by atoms with Gasteiger partial charge < -0.3 is 9.74 Å². The van der Waals surface area contributed by atoms with Crippen LogP contribution in [0.3, 0.4) is 0 Å². The van der Waals surface area contributed by atoms with E-state index in [0.29, 0.717) is 17.1 Å². The van der Waals surface area contributed by atoms with Crippen molar-refractivity contribution in [3.05, 3.63) is 11.6 Å². The molecule has 5 unspecified atom stereocenters. The van der Waals surface area contributed by atoms with Crippen LogP contribution in [0.2, 0.25) is 0 Å². The molecule has 0 bridgehead atoms. The van der Waals surface area contributed by atoms with E-state index in [1.165, 1.54) is 25.7 Å². The SMILES string of the molecule is CN1CC[C@H](ON=C2C=C3CCC4C5CCC(=O)C5(C)CCC4C3(C)CC2)C1. The highest BCUT2D eigenvalue weighted by molar-refractivity contribution is 5.96. The van der Waals surface area contributed by atoms with Crippen LogP contribution in [0.25, 0.3) is 0 Å². The van der Waals surface area contributed by atoms with Crippen LogP contribution in [-0.4, -0.2) is 42.6 Å². The highest BCUT2D eigenvalue weighted by atomic mass is 16.6. The maximum atomic E-state index is 12.6. The Balaban J connectivity index is 1.34. The number of likely N-dealkylation sites (N-methyl/N-ethyl adjacent to an activating group) is 1. The Hall–Kier alpha value is -1.16. The molecule has 1 aliphatic heterocycles. The van der Waals surface area contributed by atoms with Crippen molar-refractivity contribution in [1.29, 1.82) is 0 Å². The van der Waals surface area contributed by atoms with Crippen LogP contribution in [-0.2, 0) is 9.63 Å². The van der Waals surface area contributed by atoms with Gasteiger partial charge in [-0.05, 0) is 81.2 Å². The molecule has 0 N–H and O–H groups in total. The number of fused-ring (bicyclic) bond motifs is 5. The number of carbonyl (C=O) groups is 1. The molecule has 0 aromatic rings. The normalized spacial score (nSPS) is 47.5. The molecule has 5 rings (SSSR count). The Bertz CT molecular complexity index is 728. The Kier molecular flexibility index (Phi) is 4.50. The van der Waals surface area contributed by atoms with E-state index in [0.717, 1.165) is 62.7 Å². The van der Waals surface area contributed by atoms with Gasteiger partial charge in [0.05, 0.1) is 5.71 Å². The van der Waals surface area contributed by atoms with Gasteiger partial charge in [-0.25, -0.2) is 0 Å². The third kappa shape index (κ3) is 2.81. The number of nitrogens with zero attached hydrogens (tertiary/aromatic N) is 2. The van der Waals surface area contributed by atoms with Gasteiger partial charge in [0.25, 0.3) is 0 Å². The number of ketones is 1. The minimum absolute atomic E-state index is 0.0116. The molecule has 6 atom stereocenters. The zero-order valence-electron chi connectivity index (χ0n) is 17.9. The van der Waals surface area contributed by atoms with E-state index in [2.05, 4.69) is 37.0 Å². The Morgan fingerprint density at radius 3 is 2.64 bits per heavy atom. The van der Waals surface area contributed by atoms with Gasteiger partial charge in [-0.1, -0.05) is 24.6 Å². The van der Waals surface area contributed by atoms with Crippen molar-refractivity contribution >= 4 is 11.5 Å². The van der Waals surface area contributed by atoms with E-state index >= 15 is 0 Å². The largest absolute Gasteiger partial charge is 0.391 e. The molecule has 0 amide bonds. The second-order valence-corrected chi connectivity index (χ2v) is 10.8. The first-order chi connectivity index (χ1) is 13.4. The van der Waals surface area contributed by atoms with E-state index in [9.17, 15) is 4.79 Å². The first-order valence-corrected chi connectivity index (χ1v) is 11.6. The lowest BCUT2D eigenvalue weighted by atomic mass is 9.47. The van der Waals surface area contributed by atoms with Crippen molar-refractivity contribution in [1.82, 2.24) is 4.90 Å². The molecule has 4 nitrogen and oxygen atoms in total. The van der Waals surface area contributed by atoms with Crippen LogP contribution < -0.4 is 0 Å². The van der Waals surface area contributed by atoms with E-state index in [1.807, 2.05) is 0 Å². The molecule has 4 heteroatoms. The van der Waals surface area contributed by atoms with E-state index < -0.39 is 0 Å². The molecule has 154 valence electrons. The Morgan fingerprint density at radius 1 is 1.04 bits per heavy atom. The lowest BCUT2D eigenvalue weighted by molar-refractivity contribution is -0.132. The quantitative estimate of drug-likeness (QED) is 0.654. The monoisotopic (exact) mass is 384 g/mol. The summed E-state index contributed by atoms with van der Waals surface area (Å²) in [5.74, 6) is 2.68. The predicted octanol–water partition coefficient (Wildman–Crippen LogP) is 4.60. The molecule has 0 radical (unpaired) electrons. The molecular formula is C24H36N2O2. The van der Waals surface area contributed by atoms with Crippen LogP contribution in [0.1, 0.15) is 71.6 Å². The molecule has 1 saturated heterocycles. The lowest BCUT2D eigenvalue weighted by Crippen LogP contribution is -2.50. The average Bonchev–Trinajstić information content (AvgIpc) is 3.23. The van der Waals surface area contributed by atoms with Gasteiger partial charge in [0.2, 0.25) is 0 Å². The molecule has 0 aromatic heterocycles. The van der Waals surface area contributed by atoms with Gasteiger partial charge in [0, 0.05) is 31.3 Å². The number of oxime groups is 1. The third-order valence-electron chi connectivity index (χ3n) is 9.35. The van der Waals surface area contributed by atoms with Gasteiger partial charge in [-0.2, -0.15) is 0 Å². The molecule has 4 aliphatic carbocycles. The number of hydrogen-bond donors (Lipinski definition) is 0. The third-order valence-corrected chi connectivity index (χ3v) is 9.35. The van der Waals surface area contributed by atoms with Crippen LogP contribution >= 0.6 is 0 Å². The van der Waals surface area contributed by atoms with Crippen LogP contribution in [0.4, 0.5) is 0 Å². The summed E-state index contributed by atoms with van der Waals surface area (Å²) < 4.78 is 0. The van der Waals surface area contributed by atoms with Gasteiger partial charge in [0.15, 0.2) is 0 Å². The lowest BCUT2D eigenvalue weighted by Gasteiger charge is -2.57.